The normalized spacial score (nSPS) is 15.0. The molecule has 1 fully saturated rings. The van der Waals surface area contributed by atoms with Crippen molar-refractivity contribution >= 4 is 11.9 Å². The van der Waals surface area contributed by atoms with Crippen LogP contribution in [0.3, 0.4) is 0 Å². The van der Waals surface area contributed by atoms with Gasteiger partial charge in [-0.1, -0.05) is 72.8 Å². The third-order valence-electron chi connectivity index (χ3n) is 5.38. The molecule has 4 rings (SSSR count). The van der Waals surface area contributed by atoms with Crippen molar-refractivity contribution < 1.29 is 4.92 Å². The monoisotopic (exact) mass is 400 g/mol. The first kappa shape index (κ1) is 19.8. The molecule has 0 spiro atoms. The van der Waals surface area contributed by atoms with Gasteiger partial charge in [0.1, 0.15) is 0 Å². The first-order valence-electron chi connectivity index (χ1n) is 10.1. The van der Waals surface area contributed by atoms with Crippen LogP contribution in [0.5, 0.6) is 0 Å². The highest BCUT2D eigenvalue weighted by Gasteiger charge is 2.25. The minimum absolute atomic E-state index is 0.0769. The van der Waals surface area contributed by atoms with E-state index in [4.69, 9.17) is 0 Å². The number of para-hydroxylation sites is 1. The van der Waals surface area contributed by atoms with Crippen LogP contribution in [0, 0.1) is 10.1 Å². The van der Waals surface area contributed by atoms with E-state index in [2.05, 4.69) is 58.5 Å². The maximum absolute atomic E-state index is 11.2. The highest BCUT2D eigenvalue weighted by molar-refractivity contribution is 5.84. The van der Waals surface area contributed by atoms with E-state index in [0.29, 0.717) is 5.56 Å². The third-order valence-corrected chi connectivity index (χ3v) is 5.38. The summed E-state index contributed by atoms with van der Waals surface area (Å²) in [6.07, 6.45) is 1.60. The van der Waals surface area contributed by atoms with Crippen molar-refractivity contribution in [1.82, 2.24) is 9.91 Å². The molecule has 0 atom stereocenters. The SMILES string of the molecule is O=[N+]([O-])c1ccccc1C=NN1CCN(C(c2ccccc2)c2ccccc2)CC1. The fraction of sp³-hybridized carbons (Fsp3) is 0.208. The Hall–Kier alpha value is -3.51. The Kier molecular flexibility index (Phi) is 6.15. The van der Waals surface area contributed by atoms with E-state index in [1.54, 1.807) is 24.4 Å². The van der Waals surface area contributed by atoms with Crippen molar-refractivity contribution in [3.63, 3.8) is 0 Å². The first-order chi connectivity index (χ1) is 14.7. The molecule has 152 valence electrons. The zero-order valence-corrected chi connectivity index (χ0v) is 16.7. The van der Waals surface area contributed by atoms with Crippen LogP contribution in [0.2, 0.25) is 0 Å². The fourth-order valence-electron chi connectivity index (χ4n) is 3.88. The minimum Gasteiger partial charge on any atom is -0.294 e. The number of piperazine rings is 1. The molecule has 0 bridgehead atoms. The highest BCUT2D eigenvalue weighted by atomic mass is 16.6. The molecule has 6 nitrogen and oxygen atoms in total. The summed E-state index contributed by atoms with van der Waals surface area (Å²) in [5.41, 5.74) is 3.16. The second-order valence-corrected chi connectivity index (χ2v) is 7.27. The molecule has 1 heterocycles. The Labute approximate surface area is 176 Å². The van der Waals surface area contributed by atoms with Crippen LogP contribution >= 0.6 is 0 Å². The van der Waals surface area contributed by atoms with E-state index >= 15 is 0 Å². The van der Waals surface area contributed by atoms with Gasteiger partial charge in [-0.25, -0.2) is 0 Å². The molecule has 0 aromatic heterocycles. The largest absolute Gasteiger partial charge is 0.294 e. The Morgan fingerprint density at radius 1 is 0.800 bits per heavy atom. The van der Waals surface area contributed by atoms with Gasteiger partial charge in [0, 0.05) is 32.2 Å². The van der Waals surface area contributed by atoms with Gasteiger partial charge in [-0.3, -0.25) is 20.0 Å². The number of nitro groups is 1. The van der Waals surface area contributed by atoms with E-state index in [1.165, 1.54) is 17.2 Å². The first-order valence-corrected chi connectivity index (χ1v) is 10.1. The number of nitro benzene ring substituents is 1. The third kappa shape index (κ3) is 4.55. The standard InChI is InChI=1S/C24H24N4O2/c29-28(30)23-14-8-7-13-22(23)19-25-27-17-15-26(16-18-27)24(20-9-3-1-4-10-20)21-11-5-2-6-12-21/h1-14,19,24H,15-18H2. The molecule has 0 N–H and O–H groups in total. The molecule has 0 aliphatic carbocycles. The summed E-state index contributed by atoms with van der Waals surface area (Å²) in [5, 5.41) is 17.7. The molecule has 3 aromatic rings. The lowest BCUT2D eigenvalue weighted by Crippen LogP contribution is -2.45. The molecule has 1 saturated heterocycles. The smallest absolute Gasteiger partial charge is 0.278 e. The molecule has 6 heteroatoms. The van der Waals surface area contributed by atoms with Crippen LogP contribution in [-0.4, -0.2) is 47.2 Å². The van der Waals surface area contributed by atoms with Gasteiger partial charge >= 0.3 is 0 Å². The predicted octanol–water partition coefficient (Wildman–Crippen LogP) is 4.34. The molecule has 1 aliphatic rings. The van der Waals surface area contributed by atoms with Gasteiger partial charge in [0.15, 0.2) is 0 Å². The predicted molar refractivity (Wildman–Crippen MR) is 119 cm³/mol. The molecule has 0 saturated carbocycles. The number of benzene rings is 3. The van der Waals surface area contributed by atoms with Gasteiger partial charge in [0.25, 0.3) is 5.69 Å². The summed E-state index contributed by atoms with van der Waals surface area (Å²) >= 11 is 0. The summed E-state index contributed by atoms with van der Waals surface area (Å²) in [6, 6.07) is 28.0. The molecule has 0 unspecified atom stereocenters. The maximum Gasteiger partial charge on any atom is 0.278 e. The quantitative estimate of drug-likeness (QED) is 0.351. The second kappa shape index (κ2) is 9.33. The van der Waals surface area contributed by atoms with Crippen LogP contribution in [0.25, 0.3) is 0 Å². The van der Waals surface area contributed by atoms with Crippen molar-refractivity contribution in [2.24, 2.45) is 5.10 Å². The molecule has 1 aliphatic heterocycles. The summed E-state index contributed by atoms with van der Waals surface area (Å²) < 4.78 is 0. The molecule has 30 heavy (non-hydrogen) atoms. The maximum atomic E-state index is 11.2. The van der Waals surface area contributed by atoms with Crippen molar-refractivity contribution in [1.29, 1.82) is 0 Å². The number of hydrogen-bond acceptors (Lipinski definition) is 5. The Balaban J connectivity index is 1.47. The lowest BCUT2D eigenvalue weighted by Gasteiger charge is -2.38. The summed E-state index contributed by atoms with van der Waals surface area (Å²) in [6.45, 7) is 3.27. The van der Waals surface area contributed by atoms with E-state index in [-0.39, 0.29) is 16.7 Å². The van der Waals surface area contributed by atoms with Gasteiger partial charge in [0.05, 0.1) is 22.7 Å². The van der Waals surface area contributed by atoms with Crippen molar-refractivity contribution in [3.05, 3.63) is 112 Å². The average Bonchev–Trinajstić information content (AvgIpc) is 2.80. The number of hydrazone groups is 1. The molecule has 3 aromatic carbocycles. The molecular weight excluding hydrogens is 376 g/mol. The van der Waals surface area contributed by atoms with Gasteiger partial charge in [-0.15, -0.1) is 0 Å². The van der Waals surface area contributed by atoms with Crippen LogP contribution in [0.4, 0.5) is 5.69 Å². The highest BCUT2D eigenvalue weighted by Crippen LogP contribution is 2.29. The lowest BCUT2D eigenvalue weighted by molar-refractivity contribution is -0.385. The minimum atomic E-state index is -0.371. The topological polar surface area (TPSA) is 62.0 Å². The van der Waals surface area contributed by atoms with Crippen LogP contribution in [0.15, 0.2) is 90.0 Å². The summed E-state index contributed by atoms with van der Waals surface area (Å²) in [7, 11) is 0. The zero-order chi connectivity index (χ0) is 20.8. The van der Waals surface area contributed by atoms with E-state index < -0.39 is 0 Å². The van der Waals surface area contributed by atoms with Crippen molar-refractivity contribution in [2.75, 3.05) is 26.2 Å². The van der Waals surface area contributed by atoms with Gasteiger partial charge in [-0.05, 0) is 17.2 Å². The summed E-state index contributed by atoms with van der Waals surface area (Å²) in [4.78, 5) is 13.3. The lowest BCUT2D eigenvalue weighted by atomic mass is 9.96. The van der Waals surface area contributed by atoms with E-state index in [0.717, 1.165) is 26.2 Å². The van der Waals surface area contributed by atoms with Gasteiger partial charge in [-0.2, -0.15) is 5.10 Å². The Morgan fingerprint density at radius 2 is 1.33 bits per heavy atom. The molecular formula is C24H24N4O2. The van der Waals surface area contributed by atoms with Crippen LogP contribution in [0.1, 0.15) is 22.7 Å². The van der Waals surface area contributed by atoms with Crippen molar-refractivity contribution in [3.8, 4) is 0 Å². The second-order valence-electron chi connectivity index (χ2n) is 7.27. The van der Waals surface area contributed by atoms with Crippen LogP contribution in [-0.2, 0) is 0 Å². The van der Waals surface area contributed by atoms with Gasteiger partial charge < -0.3 is 0 Å². The van der Waals surface area contributed by atoms with Crippen molar-refractivity contribution in [2.45, 2.75) is 6.04 Å². The Morgan fingerprint density at radius 3 is 1.90 bits per heavy atom. The summed E-state index contributed by atoms with van der Waals surface area (Å²) in [5.74, 6) is 0. The van der Waals surface area contributed by atoms with Gasteiger partial charge in [0.2, 0.25) is 0 Å². The zero-order valence-electron chi connectivity index (χ0n) is 16.7. The van der Waals surface area contributed by atoms with E-state index in [1.807, 2.05) is 17.1 Å². The average molecular weight is 400 g/mol. The van der Waals surface area contributed by atoms with Crippen LogP contribution < -0.4 is 0 Å². The number of rotatable bonds is 6. The number of hydrogen-bond donors (Lipinski definition) is 0. The molecule has 0 radical (unpaired) electrons. The Bertz CT molecular complexity index is 960. The number of nitrogens with zero attached hydrogens (tertiary/aromatic N) is 4. The van der Waals surface area contributed by atoms with E-state index in [9.17, 15) is 10.1 Å². The fourth-order valence-corrected chi connectivity index (χ4v) is 3.88. The molecule has 0 amide bonds.